The summed E-state index contributed by atoms with van der Waals surface area (Å²) in [6.07, 6.45) is 9.07. The number of hydrogen-bond donors (Lipinski definition) is 1. The van der Waals surface area contributed by atoms with Gasteiger partial charge in [0.05, 0.1) is 13.2 Å². The minimum absolute atomic E-state index is 0.0330. The van der Waals surface area contributed by atoms with Gasteiger partial charge in [-0.05, 0) is 87.1 Å². The molecule has 0 saturated heterocycles. The molecule has 5 nitrogen and oxygen atoms in total. The summed E-state index contributed by atoms with van der Waals surface area (Å²) in [6, 6.07) is 11.6. The van der Waals surface area contributed by atoms with Gasteiger partial charge in [-0.25, -0.2) is 0 Å². The molecule has 33 heavy (non-hydrogen) atoms. The fourth-order valence-electron chi connectivity index (χ4n) is 5.79. The number of amides is 1. The van der Waals surface area contributed by atoms with Crippen molar-refractivity contribution in [1.29, 1.82) is 0 Å². The standard InChI is InChI=1S/C27H32ClNO4/c1-31-23-9-4-6-17(25(23)32-19-7-2-3-8-19)14-21(26(29)30)22-16-27(12-5-13-27)33-24-15-18(28)10-11-20(22)24/h4,6,9-11,15,19,21-22H,2-3,5,7-8,12-14,16H2,1H3,(H2,29,30). The van der Waals surface area contributed by atoms with Gasteiger partial charge in [0.2, 0.25) is 5.91 Å². The highest BCUT2D eigenvalue weighted by atomic mass is 35.5. The van der Waals surface area contributed by atoms with Gasteiger partial charge >= 0.3 is 0 Å². The van der Waals surface area contributed by atoms with Crippen molar-refractivity contribution in [2.45, 2.75) is 75.4 Å². The van der Waals surface area contributed by atoms with Gasteiger partial charge in [0.1, 0.15) is 11.4 Å². The van der Waals surface area contributed by atoms with E-state index < -0.39 is 0 Å². The molecule has 2 unspecified atom stereocenters. The number of hydrogen-bond acceptors (Lipinski definition) is 4. The molecule has 2 N–H and O–H groups in total. The SMILES string of the molecule is COc1cccc(CC(C(N)=O)C2CC3(CCC3)Oc3cc(Cl)ccc32)c1OC1CCCC1. The lowest BCUT2D eigenvalue weighted by Gasteiger charge is -2.49. The summed E-state index contributed by atoms with van der Waals surface area (Å²) in [6.45, 7) is 0. The Kier molecular flexibility index (Phi) is 6.17. The Hall–Kier alpha value is -2.40. The van der Waals surface area contributed by atoms with Crippen LogP contribution in [0.5, 0.6) is 17.2 Å². The highest BCUT2D eigenvalue weighted by Crippen LogP contribution is 2.53. The molecule has 3 aliphatic rings. The molecular weight excluding hydrogens is 438 g/mol. The Balaban J connectivity index is 1.50. The first kappa shape index (κ1) is 22.4. The zero-order valence-corrected chi connectivity index (χ0v) is 19.9. The zero-order valence-electron chi connectivity index (χ0n) is 19.1. The molecule has 2 aromatic carbocycles. The van der Waals surface area contributed by atoms with E-state index in [0.29, 0.717) is 17.2 Å². The second kappa shape index (κ2) is 9.09. The monoisotopic (exact) mass is 469 g/mol. The molecule has 2 fully saturated rings. The fraction of sp³-hybridized carbons (Fsp3) is 0.519. The van der Waals surface area contributed by atoms with E-state index in [-0.39, 0.29) is 29.4 Å². The fourth-order valence-corrected chi connectivity index (χ4v) is 5.95. The molecule has 1 heterocycles. The van der Waals surface area contributed by atoms with Crippen LogP contribution in [0.25, 0.3) is 0 Å². The number of rotatable bonds is 7. The lowest BCUT2D eigenvalue weighted by molar-refractivity contribution is -0.124. The second-order valence-electron chi connectivity index (χ2n) is 9.82. The second-order valence-corrected chi connectivity index (χ2v) is 10.3. The van der Waals surface area contributed by atoms with Crippen molar-refractivity contribution < 1.29 is 19.0 Å². The first-order chi connectivity index (χ1) is 16.0. The van der Waals surface area contributed by atoms with E-state index in [2.05, 4.69) is 0 Å². The van der Waals surface area contributed by atoms with E-state index in [1.54, 1.807) is 7.11 Å². The molecule has 1 spiro atoms. The molecule has 5 rings (SSSR count). The molecule has 2 aliphatic carbocycles. The Morgan fingerprint density at radius 3 is 2.67 bits per heavy atom. The molecule has 1 amide bonds. The molecule has 2 aromatic rings. The van der Waals surface area contributed by atoms with Crippen LogP contribution in [0.2, 0.25) is 5.02 Å². The number of nitrogens with two attached hydrogens (primary N) is 1. The molecule has 1 aliphatic heterocycles. The van der Waals surface area contributed by atoms with Gasteiger partial charge in [0.15, 0.2) is 11.5 Å². The van der Waals surface area contributed by atoms with Crippen LogP contribution in [0.3, 0.4) is 0 Å². The Morgan fingerprint density at radius 2 is 2.00 bits per heavy atom. The first-order valence-corrected chi connectivity index (χ1v) is 12.5. The largest absolute Gasteiger partial charge is 0.493 e. The van der Waals surface area contributed by atoms with Crippen molar-refractivity contribution >= 4 is 17.5 Å². The minimum Gasteiger partial charge on any atom is -0.493 e. The van der Waals surface area contributed by atoms with E-state index >= 15 is 0 Å². The third-order valence-corrected chi connectivity index (χ3v) is 7.95. The van der Waals surface area contributed by atoms with Gasteiger partial charge in [-0.15, -0.1) is 0 Å². The normalized spacial score (nSPS) is 22.2. The Labute approximate surface area is 200 Å². The molecule has 0 radical (unpaired) electrons. The topological polar surface area (TPSA) is 70.8 Å². The van der Waals surface area contributed by atoms with Crippen LogP contribution in [0, 0.1) is 5.92 Å². The van der Waals surface area contributed by atoms with E-state index in [4.69, 9.17) is 31.5 Å². The molecule has 0 aromatic heterocycles. The van der Waals surface area contributed by atoms with Crippen molar-refractivity contribution in [3.63, 3.8) is 0 Å². The van der Waals surface area contributed by atoms with Crippen molar-refractivity contribution in [2.24, 2.45) is 11.7 Å². The van der Waals surface area contributed by atoms with Crippen LogP contribution < -0.4 is 19.9 Å². The van der Waals surface area contributed by atoms with E-state index in [1.165, 1.54) is 12.8 Å². The summed E-state index contributed by atoms with van der Waals surface area (Å²) in [5.74, 6) is 1.53. The van der Waals surface area contributed by atoms with Gasteiger partial charge in [-0.1, -0.05) is 29.8 Å². The van der Waals surface area contributed by atoms with Crippen molar-refractivity contribution in [2.75, 3.05) is 7.11 Å². The van der Waals surface area contributed by atoms with Crippen LogP contribution in [0.4, 0.5) is 0 Å². The number of carbonyl (C=O) groups excluding carboxylic acids is 1. The zero-order chi connectivity index (χ0) is 23.0. The lowest BCUT2D eigenvalue weighted by atomic mass is 9.66. The number of benzene rings is 2. The third kappa shape index (κ3) is 4.40. The van der Waals surface area contributed by atoms with Crippen LogP contribution in [0.1, 0.15) is 68.4 Å². The predicted molar refractivity (Wildman–Crippen MR) is 128 cm³/mol. The highest BCUT2D eigenvalue weighted by Gasteiger charge is 2.48. The first-order valence-electron chi connectivity index (χ1n) is 12.1. The summed E-state index contributed by atoms with van der Waals surface area (Å²) < 4.78 is 18.5. The quantitative estimate of drug-likeness (QED) is 0.556. The number of halogens is 1. The van der Waals surface area contributed by atoms with E-state index in [0.717, 1.165) is 61.2 Å². The summed E-state index contributed by atoms with van der Waals surface area (Å²) in [7, 11) is 1.66. The number of carbonyl (C=O) groups is 1. The van der Waals surface area contributed by atoms with Gasteiger partial charge in [-0.2, -0.15) is 0 Å². The number of fused-ring (bicyclic) bond motifs is 1. The van der Waals surface area contributed by atoms with Crippen LogP contribution >= 0.6 is 11.6 Å². The molecule has 2 saturated carbocycles. The van der Waals surface area contributed by atoms with Crippen molar-refractivity contribution in [3.8, 4) is 17.2 Å². The number of ether oxygens (including phenoxy) is 3. The summed E-state index contributed by atoms with van der Waals surface area (Å²) in [4.78, 5) is 12.9. The average molecular weight is 470 g/mol. The number of para-hydroxylation sites is 1. The van der Waals surface area contributed by atoms with Crippen LogP contribution in [-0.2, 0) is 11.2 Å². The van der Waals surface area contributed by atoms with Gasteiger partial charge in [0.25, 0.3) is 0 Å². The van der Waals surface area contributed by atoms with Crippen molar-refractivity contribution in [1.82, 2.24) is 0 Å². The molecule has 176 valence electrons. The van der Waals surface area contributed by atoms with Crippen LogP contribution in [0.15, 0.2) is 36.4 Å². The third-order valence-electron chi connectivity index (χ3n) is 7.72. The Morgan fingerprint density at radius 1 is 1.21 bits per heavy atom. The predicted octanol–water partition coefficient (Wildman–Crippen LogP) is 5.80. The maximum Gasteiger partial charge on any atom is 0.221 e. The van der Waals surface area contributed by atoms with Crippen molar-refractivity contribution in [3.05, 3.63) is 52.5 Å². The molecule has 2 atom stereocenters. The van der Waals surface area contributed by atoms with E-state index in [9.17, 15) is 4.79 Å². The van der Waals surface area contributed by atoms with Gasteiger partial charge in [0, 0.05) is 16.9 Å². The minimum atomic E-state index is -0.385. The smallest absolute Gasteiger partial charge is 0.221 e. The average Bonchev–Trinajstić information content (AvgIpc) is 3.29. The highest BCUT2D eigenvalue weighted by molar-refractivity contribution is 6.30. The summed E-state index contributed by atoms with van der Waals surface area (Å²) >= 11 is 6.28. The maximum atomic E-state index is 12.9. The van der Waals surface area contributed by atoms with Gasteiger partial charge in [-0.3, -0.25) is 4.79 Å². The number of methoxy groups -OCH3 is 1. The van der Waals surface area contributed by atoms with Gasteiger partial charge < -0.3 is 19.9 Å². The number of primary amides is 1. The summed E-state index contributed by atoms with van der Waals surface area (Å²) in [5, 5.41) is 0.638. The maximum absolute atomic E-state index is 12.9. The van der Waals surface area contributed by atoms with Crippen LogP contribution in [-0.4, -0.2) is 24.7 Å². The van der Waals surface area contributed by atoms with E-state index in [1.807, 2.05) is 36.4 Å². The molecule has 0 bridgehead atoms. The molecular formula is C27H32ClNO4. The Bertz CT molecular complexity index is 1030. The molecule has 6 heteroatoms. The summed E-state index contributed by atoms with van der Waals surface area (Å²) in [5.41, 5.74) is 7.83. The lowest BCUT2D eigenvalue weighted by Crippen LogP contribution is -2.49.